The number of rotatable bonds is 8. The third-order valence-electron chi connectivity index (χ3n) is 5.34. The summed E-state index contributed by atoms with van der Waals surface area (Å²) >= 11 is 0. The van der Waals surface area contributed by atoms with Gasteiger partial charge in [0.15, 0.2) is 17.6 Å². The molecule has 1 heterocycles. The summed E-state index contributed by atoms with van der Waals surface area (Å²) < 4.78 is 15.9. The number of carbonyl (C=O) groups excluding carboxylic acids is 2. The molecular formula is C25H20N2O7. The molecule has 0 aliphatic heterocycles. The van der Waals surface area contributed by atoms with Gasteiger partial charge in [-0.3, -0.25) is 14.9 Å². The van der Waals surface area contributed by atoms with Crippen LogP contribution in [-0.2, 0) is 4.74 Å². The molecule has 1 aromatic heterocycles. The second-order valence-corrected chi connectivity index (χ2v) is 7.29. The molecule has 4 aromatic rings. The highest BCUT2D eigenvalue weighted by Crippen LogP contribution is 2.36. The van der Waals surface area contributed by atoms with Gasteiger partial charge in [-0.15, -0.1) is 0 Å². The van der Waals surface area contributed by atoms with Crippen LogP contribution in [0.15, 0.2) is 72.9 Å². The predicted octanol–water partition coefficient (Wildman–Crippen LogP) is 4.87. The number of H-pyrrole nitrogens is 1. The lowest BCUT2D eigenvalue weighted by molar-refractivity contribution is -0.385. The Kier molecular flexibility index (Phi) is 6.26. The van der Waals surface area contributed by atoms with Gasteiger partial charge >= 0.3 is 5.97 Å². The van der Waals surface area contributed by atoms with Gasteiger partial charge in [0.2, 0.25) is 5.78 Å². The molecule has 0 aliphatic rings. The highest BCUT2D eigenvalue weighted by Gasteiger charge is 2.32. The molecule has 1 N–H and O–H groups in total. The van der Waals surface area contributed by atoms with Crippen LogP contribution >= 0.6 is 0 Å². The van der Waals surface area contributed by atoms with Gasteiger partial charge < -0.3 is 19.2 Å². The van der Waals surface area contributed by atoms with Crippen LogP contribution in [0, 0.1) is 10.1 Å². The second-order valence-electron chi connectivity index (χ2n) is 7.29. The fourth-order valence-corrected chi connectivity index (χ4v) is 3.67. The number of aromatic amines is 1. The number of esters is 1. The number of nitrogens with zero attached hydrogens (tertiary/aromatic N) is 1. The number of ether oxygens (including phenoxy) is 3. The summed E-state index contributed by atoms with van der Waals surface area (Å²) in [6, 6.07) is 17.9. The molecule has 9 heteroatoms. The van der Waals surface area contributed by atoms with Gasteiger partial charge in [0.1, 0.15) is 5.56 Å². The third-order valence-corrected chi connectivity index (χ3v) is 5.34. The van der Waals surface area contributed by atoms with E-state index in [-0.39, 0.29) is 17.1 Å². The average Bonchev–Trinajstić information content (AvgIpc) is 3.30. The first-order chi connectivity index (χ1) is 16.4. The molecule has 34 heavy (non-hydrogen) atoms. The number of nitro benzene ring substituents is 1. The maximum absolute atomic E-state index is 13.6. The van der Waals surface area contributed by atoms with Crippen LogP contribution in [-0.4, -0.2) is 35.9 Å². The highest BCUT2D eigenvalue weighted by molar-refractivity contribution is 6.11. The highest BCUT2D eigenvalue weighted by atomic mass is 16.6. The molecule has 0 aliphatic carbocycles. The molecule has 1 unspecified atom stereocenters. The number of carbonyl (C=O) groups is 2. The van der Waals surface area contributed by atoms with Gasteiger partial charge in [-0.05, 0) is 6.07 Å². The van der Waals surface area contributed by atoms with E-state index >= 15 is 0 Å². The van der Waals surface area contributed by atoms with E-state index in [1.807, 2.05) is 12.1 Å². The molecule has 0 saturated carbocycles. The normalized spacial score (nSPS) is 11.6. The van der Waals surface area contributed by atoms with Crippen LogP contribution < -0.4 is 9.47 Å². The number of nitrogens with one attached hydrogen (secondary N) is 1. The summed E-state index contributed by atoms with van der Waals surface area (Å²) in [7, 11) is 2.66. The zero-order chi connectivity index (χ0) is 24.2. The number of aromatic nitrogens is 1. The van der Waals surface area contributed by atoms with Crippen molar-refractivity contribution in [2.75, 3.05) is 14.2 Å². The van der Waals surface area contributed by atoms with E-state index in [2.05, 4.69) is 4.98 Å². The minimum atomic E-state index is -1.33. The number of ketones is 1. The molecule has 0 saturated heterocycles. The van der Waals surface area contributed by atoms with Crippen molar-refractivity contribution in [3.05, 3.63) is 99.7 Å². The van der Waals surface area contributed by atoms with Gasteiger partial charge in [-0.1, -0.05) is 48.5 Å². The summed E-state index contributed by atoms with van der Waals surface area (Å²) in [6.07, 6.45) is 0.218. The largest absolute Gasteiger partial charge is 0.493 e. The standard InChI is InChI=1S/C25H20N2O7/c1-32-21-12-17(20(27(30)31)13-22(21)33-2)25(29)34-24(15-8-4-3-5-9-15)23(28)18-14-26-19-11-7-6-10-16(18)19/h3-14,24,26H,1-2H3. The monoisotopic (exact) mass is 460 g/mol. The van der Waals surface area contributed by atoms with Crippen molar-refractivity contribution in [1.82, 2.24) is 4.98 Å². The first kappa shape index (κ1) is 22.5. The molecule has 1 atom stereocenters. The summed E-state index contributed by atoms with van der Waals surface area (Å²) in [6.45, 7) is 0. The van der Waals surface area contributed by atoms with Gasteiger partial charge in [0.25, 0.3) is 5.69 Å². The molecule has 4 rings (SSSR count). The fourth-order valence-electron chi connectivity index (χ4n) is 3.67. The zero-order valence-corrected chi connectivity index (χ0v) is 18.3. The molecule has 0 fully saturated rings. The van der Waals surface area contributed by atoms with Crippen LogP contribution in [0.4, 0.5) is 5.69 Å². The number of Topliss-reactive ketones (excluding diaryl/α,β-unsaturated/α-hetero) is 1. The van der Waals surface area contributed by atoms with E-state index in [1.165, 1.54) is 14.2 Å². The molecule has 0 amide bonds. The van der Waals surface area contributed by atoms with Crippen molar-refractivity contribution < 1.29 is 28.7 Å². The van der Waals surface area contributed by atoms with Crippen molar-refractivity contribution in [1.29, 1.82) is 0 Å². The van der Waals surface area contributed by atoms with E-state index in [0.29, 0.717) is 16.5 Å². The van der Waals surface area contributed by atoms with Crippen LogP contribution in [0.25, 0.3) is 10.9 Å². The lowest BCUT2D eigenvalue weighted by atomic mass is 9.99. The minimum absolute atomic E-state index is 0.0835. The quantitative estimate of drug-likeness (QED) is 0.172. The first-order valence-corrected chi connectivity index (χ1v) is 10.2. The average molecular weight is 460 g/mol. The Labute approximate surface area is 194 Å². The van der Waals surface area contributed by atoms with Crippen LogP contribution in [0.2, 0.25) is 0 Å². The second kappa shape index (κ2) is 9.45. The van der Waals surface area contributed by atoms with E-state index in [4.69, 9.17) is 14.2 Å². The van der Waals surface area contributed by atoms with Crippen LogP contribution in [0.5, 0.6) is 11.5 Å². The maximum Gasteiger partial charge on any atom is 0.346 e. The number of hydrogen-bond acceptors (Lipinski definition) is 7. The Bertz CT molecular complexity index is 1380. The Balaban J connectivity index is 1.77. The Morgan fingerprint density at radius 1 is 0.912 bits per heavy atom. The van der Waals surface area contributed by atoms with Crippen LogP contribution in [0.1, 0.15) is 32.4 Å². The van der Waals surface area contributed by atoms with Crippen molar-refractivity contribution in [2.45, 2.75) is 6.10 Å². The number of para-hydroxylation sites is 1. The fraction of sp³-hybridized carbons (Fsp3) is 0.120. The summed E-state index contributed by atoms with van der Waals surface area (Å²) in [5.74, 6) is -1.32. The Hall–Kier alpha value is -4.66. The lowest BCUT2D eigenvalue weighted by Gasteiger charge is -2.18. The lowest BCUT2D eigenvalue weighted by Crippen LogP contribution is -2.21. The van der Waals surface area contributed by atoms with E-state index < -0.39 is 28.5 Å². The van der Waals surface area contributed by atoms with Gasteiger partial charge in [-0.25, -0.2) is 4.79 Å². The Morgan fingerprint density at radius 2 is 1.56 bits per heavy atom. The number of fused-ring (bicyclic) bond motifs is 1. The van der Waals surface area contributed by atoms with Gasteiger partial charge in [-0.2, -0.15) is 0 Å². The number of benzene rings is 3. The van der Waals surface area contributed by atoms with E-state index in [1.54, 1.807) is 48.7 Å². The molecule has 0 bridgehead atoms. The number of hydrogen-bond donors (Lipinski definition) is 1. The first-order valence-electron chi connectivity index (χ1n) is 10.2. The van der Waals surface area contributed by atoms with Gasteiger partial charge in [0.05, 0.1) is 25.2 Å². The third kappa shape index (κ3) is 4.18. The number of methoxy groups -OCH3 is 2. The zero-order valence-electron chi connectivity index (χ0n) is 18.3. The molecular weight excluding hydrogens is 440 g/mol. The summed E-state index contributed by atoms with van der Waals surface area (Å²) in [4.78, 5) is 40.7. The molecule has 9 nitrogen and oxygen atoms in total. The minimum Gasteiger partial charge on any atom is -0.493 e. The predicted molar refractivity (Wildman–Crippen MR) is 123 cm³/mol. The molecule has 0 radical (unpaired) electrons. The van der Waals surface area contributed by atoms with Crippen molar-refractivity contribution in [3.63, 3.8) is 0 Å². The van der Waals surface area contributed by atoms with E-state index in [9.17, 15) is 19.7 Å². The molecule has 172 valence electrons. The maximum atomic E-state index is 13.6. The van der Waals surface area contributed by atoms with Crippen molar-refractivity contribution in [2.24, 2.45) is 0 Å². The van der Waals surface area contributed by atoms with E-state index in [0.717, 1.165) is 17.6 Å². The van der Waals surface area contributed by atoms with Crippen LogP contribution in [0.3, 0.4) is 0 Å². The summed E-state index contributed by atoms with van der Waals surface area (Å²) in [5.41, 5.74) is 0.608. The van der Waals surface area contributed by atoms with Crippen molar-refractivity contribution in [3.8, 4) is 11.5 Å². The summed E-state index contributed by atoms with van der Waals surface area (Å²) in [5, 5.41) is 12.3. The molecule has 3 aromatic carbocycles. The SMILES string of the molecule is COc1cc(C(=O)OC(C(=O)c2c[nH]c3ccccc23)c2ccccc2)c([N+](=O)[O-])cc1OC. The molecule has 0 spiro atoms. The smallest absolute Gasteiger partial charge is 0.346 e. The topological polar surface area (TPSA) is 121 Å². The number of nitro groups is 1. The van der Waals surface area contributed by atoms with Crippen molar-refractivity contribution >= 4 is 28.3 Å². The van der Waals surface area contributed by atoms with Gasteiger partial charge in [0, 0.05) is 34.3 Å². The Morgan fingerprint density at radius 3 is 2.24 bits per heavy atom.